The summed E-state index contributed by atoms with van der Waals surface area (Å²) >= 11 is 0. The lowest BCUT2D eigenvalue weighted by molar-refractivity contribution is -0.132. The topological polar surface area (TPSA) is 49.9 Å². The molecular weight excluding hydrogens is 352 g/mol. The quantitative estimate of drug-likeness (QED) is 0.800. The Morgan fingerprint density at radius 2 is 1.54 bits per heavy atom. The Balaban J connectivity index is 1.49. The molecule has 0 spiro atoms. The molecule has 1 aliphatic heterocycles. The normalized spacial score (nSPS) is 14.1. The first-order chi connectivity index (χ1) is 13.5. The zero-order valence-electron chi connectivity index (χ0n) is 16.9. The molecule has 148 valence electrons. The van der Waals surface area contributed by atoms with Crippen LogP contribution in [0, 0.1) is 13.8 Å². The van der Waals surface area contributed by atoms with E-state index in [4.69, 9.17) is 4.74 Å². The summed E-state index contributed by atoms with van der Waals surface area (Å²) in [5.74, 6) is 1.02. The van der Waals surface area contributed by atoms with E-state index in [0.29, 0.717) is 39.0 Å². The molecule has 1 heterocycles. The number of piperazine rings is 1. The van der Waals surface area contributed by atoms with E-state index in [2.05, 4.69) is 0 Å². The molecule has 1 saturated heterocycles. The Hall–Kier alpha value is -2.82. The van der Waals surface area contributed by atoms with Gasteiger partial charge in [-0.15, -0.1) is 0 Å². The Morgan fingerprint density at radius 3 is 2.14 bits per heavy atom. The zero-order valence-corrected chi connectivity index (χ0v) is 16.9. The highest BCUT2D eigenvalue weighted by Crippen LogP contribution is 2.16. The maximum absolute atomic E-state index is 12.7. The van der Waals surface area contributed by atoms with E-state index >= 15 is 0 Å². The first-order valence-electron chi connectivity index (χ1n) is 9.75. The standard InChI is InChI=1S/C23H28N2O3/c1-17-4-8-20(16-18(17)2)23(27)25-14-12-24(13-15-25)22(26)11-7-19-5-9-21(28-3)10-6-19/h4-6,8-10,16H,7,11-15H2,1-3H3. The van der Waals surface area contributed by atoms with Gasteiger partial charge in [0.05, 0.1) is 7.11 Å². The molecule has 0 bridgehead atoms. The van der Waals surface area contributed by atoms with Crippen molar-refractivity contribution >= 4 is 11.8 Å². The van der Waals surface area contributed by atoms with Crippen LogP contribution in [-0.4, -0.2) is 54.9 Å². The van der Waals surface area contributed by atoms with Gasteiger partial charge in [0.1, 0.15) is 5.75 Å². The van der Waals surface area contributed by atoms with E-state index in [9.17, 15) is 9.59 Å². The summed E-state index contributed by atoms with van der Waals surface area (Å²) in [6, 6.07) is 13.6. The molecule has 3 rings (SSSR count). The van der Waals surface area contributed by atoms with Gasteiger partial charge < -0.3 is 14.5 Å². The van der Waals surface area contributed by atoms with Crippen molar-refractivity contribution in [3.63, 3.8) is 0 Å². The van der Waals surface area contributed by atoms with Crippen LogP contribution in [0.1, 0.15) is 33.5 Å². The summed E-state index contributed by atoms with van der Waals surface area (Å²) in [4.78, 5) is 28.9. The first-order valence-corrected chi connectivity index (χ1v) is 9.75. The SMILES string of the molecule is COc1ccc(CCC(=O)N2CCN(C(=O)c3ccc(C)c(C)c3)CC2)cc1. The number of amides is 2. The number of hydrogen-bond acceptors (Lipinski definition) is 3. The molecule has 2 amide bonds. The van der Waals surface area contributed by atoms with E-state index < -0.39 is 0 Å². The summed E-state index contributed by atoms with van der Waals surface area (Å²) in [6.07, 6.45) is 1.20. The lowest BCUT2D eigenvalue weighted by Crippen LogP contribution is -2.50. The van der Waals surface area contributed by atoms with Gasteiger partial charge in [0.25, 0.3) is 5.91 Å². The smallest absolute Gasteiger partial charge is 0.253 e. The van der Waals surface area contributed by atoms with Gasteiger partial charge in [0.2, 0.25) is 5.91 Å². The number of carbonyl (C=O) groups is 2. The fourth-order valence-corrected chi connectivity index (χ4v) is 3.42. The lowest BCUT2D eigenvalue weighted by Gasteiger charge is -2.35. The molecule has 1 aliphatic rings. The number of hydrogen-bond donors (Lipinski definition) is 0. The summed E-state index contributed by atoms with van der Waals surface area (Å²) in [7, 11) is 1.64. The molecule has 2 aromatic carbocycles. The van der Waals surface area contributed by atoms with E-state index in [1.807, 2.05) is 66.1 Å². The Morgan fingerprint density at radius 1 is 0.893 bits per heavy atom. The molecule has 5 nitrogen and oxygen atoms in total. The number of nitrogens with zero attached hydrogens (tertiary/aromatic N) is 2. The monoisotopic (exact) mass is 380 g/mol. The van der Waals surface area contributed by atoms with Crippen LogP contribution in [-0.2, 0) is 11.2 Å². The maximum Gasteiger partial charge on any atom is 0.253 e. The third-order valence-corrected chi connectivity index (χ3v) is 5.46. The number of ether oxygens (including phenoxy) is 1. The van der Waals surface area contributed by atoms with E-state index in [0.717, 1.165) is 22.4 Å². The average molecular weight is 380 g/mol. The van der Waals surface area contributed by atoms with Crippen molar-refractivity contribution in [1.29, 1.82) is 0 Å². The van der Waals surface area contributed by atoms with Gasteiger partial charge in [0, 0.05) is 38.2 Å². The number of methoxy groups -OCH3 is 1. The summed E-state index contributed by atoms with van der Waals surface area (Å²) in [5.41, 5.74) is 4.15. The Labute approximate surface area is 166 Å². The molecule has 0 aromatic heterocycles. The van der Waals surface area contributed by atoms with Crippen LogP contribution in [0.3, 0.4) is 0 Å². The molecular formula is C23H28N2O3. The van der Waals surface area contributed by atoms with Crippen molar-refractivity contribution in [3.8, 4) is 5.75 Å². The highest BCUT2D eigenvalue weighted by molar-refractivity contribution is 5.94. The molecule has 2 aromatic rings. The second-order valence-electron chi connectivity index (χ2n) is 7.32. The molecule has 5 heteroatoms. The van der Waals surface area contributed by atoms with E-state index in [-0.39, 0.29) is 11.8 Å². The van der Waals surface area contributed by atoms with Crippen molar-refractivity contribution in [3.05, 3.63) is 64.7 Å². The van der Waals surface area contributed by atoms with Gasteiger partial charge >= 0.3 is 0 Å². The van der Waals surface area contributed by atoms with Crippen molar-refractivity contribution in [2.24, 2.45) is 0 Å². The second kappa shape index (κ2) is 8.91. The van der Waals surface area contributed by atoms with Crippen LogP contribution in [0.2, 0.25) is 0 Å². The van der Waals surface area contributed by atoms with Crippen LogP contribution >= 0.6 is 0 Å². The van der Waals surface area contributed by atoms with E-state index in [1.165, 1.54) is 5.56 Å². The van der Waals surface area contributed by atoms with Crippen molar-refractivity contribution in [2.75, 3.05) is 33.3 Å². The van der Waals surface area contributed by atoms with Gasteiger partial charge in [-0.1, -0.05) is 18.2 Å². The van der Waals surface area contributed by atoms with Crippen molar-refractivity contribution in [1.82, 2.24) is 9.80 Å². The van der Waals surface area contributed by atoms with Crippen LogP contribution in [0.25, 0.3) is 0 Å². The first kappa shape index (κ1) is 19.9. The summed E-state index contributed by atoms with van der Waals surface area (Å²) in [5, 5.41) is 0. The maximum atomic E-state index is 12.7. The predicted molar refractivity (Wildman–Crippen MR) is 110 cm³/mol. The van der Waals surface area contributed by atoms with Gasteiger partial charge in [-0.2, -0.15) is 0 Å². The molecule has 1 fully saturated rings. The summed E-state index contributed by atoms with van der Waals surface area (Å²) in [6.45, 7) is 6.42. The minimum atomic E-state index is 0.0495. The van der Waals surface area contributed by atoms with Crippen LogP contribution in [0.4, 0.5) is 0 Å². The molecule has 0 radical (unpaired) electrons. The molecule has 0 N–H and O–H groups in total. The fraction of sp³-hybridized carbons (Fsp3) is 0.391. The van der Waals surface area contributed by atoms with Crippen LogP contribution < -0.4 is 4.74 Å². The molecule has 28 heavy (non-hydrogen) atoms. The highest BCUT2D eigenvalue weighted by Gasteiger charge is 2.24. The molecule has 0 aliphatic carbocycles. The molecule has 0 saturated carbocycles. The lowest BCUT2D eigenvalue weighted by atomic mass is 10.1. The number of carbonyl (C=O) groups excluding carboxylic acids is 2. The third-order valence-electron chi connectivity index (χ3n) is 5.46. The number of rotatable bonds is 5. The van der Waals surface area contributed by atoms with Crippen LogP contribution in [0.5, 0.6) is 5.75 Å². The van der Waals surface area contributed by atoms with Crippen molar-refractivity contribution < 1.29 is 14.3 Å². The van der Waals surface area contributed by atoms with Crippen LogP contribution in [0.15, 0.2) is 42.5 Å². The number of benzene rings is 2. The minimum absolute atomic E-state index is 0.0495. The molecule has 0 unspecified atom stereocenters. The highest BCUT2D eigenvalue weighted by atomic mass is 16.5. The average Bonchev–Trinajstić information content (AvgIpc) is 2.74. The fourth-order valence-electron chi connectivity index (χ4n) is 3.42. The summed E-state index contributed by atoms with van der Waals surface area (Å²) < 4.78 is 5.16. The van der Waals surface area contributed by atoms with Crippen molar-refractivity contribution in [2.45, 2.75) is 26.7 Å². The molecule has 0 atom stereocenters. The van der Waals surface area contributed by atoms with Gasteiger partial charge in [-0.3, -0.25) is 9.59 Å². The van der Waals surface area contributed by atoms with Gasteiger partial charge in [-0.25, -0.2) is 0 Å². The minimum Gasteiger partial charge on any atom is -0.497 e. The van der Waals surface area contributed by atoms with E-state index in [1.54, 1.807) is 7.11 Å². The Kier molecular flexibility index (Phi) is 6.34. The third kappa shape index (κ3) is 4.71. The second-order valence-corrected chi connectivity index (χ2v) is 7.32. The largest absolute Gasteiger partial charge is 0.497 e. The zero-order chi connectivity index (χ0) is 20.1. The van der Waals surface area contributed by atoms with Gasteiger partial charge in [-0.05, 0) is 61.2 Å². The number of aryl methyl sites for hydroxylation is 3. The predicted octanol–water partition coefficient (Wildman–Crippen LogP) is 3.23. The van der Waals surface area contributed by atoms with Gasteiger partial charge in [0.15, 0.2) is 0 Å². The Bertz CT molecular complexity index is 837.